The molecule has 0 aliphatic rings. The molecule has 1 aromatic rings. The van der Waals surface area contributed by atoms with E-state index < -0.39 is 30.2 Å². The summed E-state index contributed by atoms with van der Waals surface area (Å²) in [6.45, 7) is -0.467. The van der Waals surface area contributed by atoms with Crippen LogP contribution in [0.2, 0.25) is 0 Å². The Kier molecular flexibility index (Phi) is 4.64. The van der Waals surface area contributed by atoms with Gasteiger partial charge in [-0.25, -0.2) is 8.78 Å². The van der Waals surface area contributed by atoms with Gasteiger partial charge in [0.2, 0.25) is 5.91 Å². The van der Waals surface area contributed by atoms with Crippen molar-refractivity contribution in [2.75, 3.05) is 12.5 Å². The van der Waals surface area contributed by atoms with Gasteiger partial charge < -0.3 is 10.4 Å². The first-order valence-corrected chi connectivity index (χ1v) is 5.02. The van der Waals surface area contributed by atoms with Crippen molar-refractivity contribution in [3.8, 4) is 0 Å². The number of carbonyl (C=O) groups excluding carboxylic acids is 1. The van der Waals surface area contributed by atoms with Crippen LogP contribution < -0.4 is 5.32 Å². The molecule has 16 heavy (non-hydrogen) atoms. The summed E-state index contributed by atoms with van der Waals surface area (Å²) < 4.78 is 25.8. The number of rotatable bonds is 4. The molecule has 0 aliphatic heterocycles. The van der Waals surface area contributed by atoms with Gasteiger partial charge in [0.15, 0.2) is 0 Å². The van der Waals surface area contributed by atoms with Gasteiger partial charge >= 0.3 is 0 Å². The number of carbonyl (C=O) groups is 1. The molecule has 3 nitrogen and oxygen atoms in total. The third kappa shape index (κ3) is 3.43. The van der Waals surface area contributed by atoms with Gasteiger partial charge in [-0.3, -0.25) is 4.79 Å². The van der Waals surface area contributed by atoms with E-state index in [0.717, 1.165) is 12.1 Å². The number of alkyl halides is 1. The Hall–Kier alpha value is -1.20. The lowest BCUT2D eigenvalue weighted by atomic mass is 10.1. The van der Waals surface area contributed by atoms with Gasteiger partial charge in [0.25, 0.3) is 0 Å². The summed E-state index contributed by atoms with van der Waals surface area (Å²) in [4.78, 5) is 11.0. The Morgan fingerprint density at radius 2 is 1.94 bits per heavy atom. The van der Waals surface area contributed by atoms with Gasteiger partial charge in [0.05, 0.1) is 12.6 Å². The molecule has 0 saturated heterocycles. The van der Waals surface area contributed by atoms with Crippen LogP contribution in [0.5, 0.6) is 0 Å². The lowest BCUT2D eigenvalue weighted by molar-refractivity contribution is -0.119. The van der Waals surface area contributed by atoms with E-state index >= 15 is 0 Å². The number of halogens is 3. The molecular formula is C10H10ClF2NO2. The topological polar surface area (TPSA) is 49.3 Å². The molecule has 0 radical (unpaired) electrons. The summed E-state index contributed by atoms with van der Waals surface area (Å²) in [7, 11) is 0. The van der Waals surface area contributed by atoms with Crippen LogP contribution in [-0.4, -0.2) is 23.5 Å². The van der Waals surface area contributed by atoms with Crippen molar-refractivity contribution in [3.63, 3.8) is 0 Å². The minimum atomic E-state index is -0.864. The Bertz CT molecular complexity index is 367. The Morgan fingerprint density at radius 3 is 2.38 bits per heavy atom. The second-order valence-corrected chi connectivity index (χ2v) is 3.41. The van der Waals surface area contributed by atoms with E-state index in [1.807, 2.05) is 0 Å². The van der Waals surface area contributed by atoms with Crippen molar-refractivity contribution in [2.24, 2.45) is 0 Å². The molecule has 0 unspecified atom stereocenters. The van der Waals surface area contributed by atoms with Gasteiger partial charge in [-0.15, -0.1) is 11.6 Å². The van der Waals surface area contributed by atoms with Crippen molar-refractivity contribution in [3.05, 3.63) is 35.4 Å². The minimum absolute atomic E-state index is 0.151. The molecule has 0 spiro atoms. The van der Waals surface area contributed by atoms with Crippen LogP contribution in [0.3, 0.4) is 0 Å². The average Bonchev–Trinajstić information content (AvgIpc) is 2.24. The first-order valence-electron chi connectivity index (χ1n) is 4.49. The molecule has 0 bridgehead atoms. The molecule has 1 rings (SSSR count). The summed E-state index contributed by atoms with van der Waals surface area (Å²) in [5.41, 5.74) is 0.151. The second kappa shape index (κ2) is 5.77. The highest BCUT2D eigenvalue weighted by atomic mass is 35.5. The summed E-state index contributed by atoms with van der Waals surface area (Å²) in [5.74, 6) is -2.35. The smallest absolute Gasteiger partial charge is 0.235 e. The minimum Gasteiger partial charge on any atom is -0.394 e. The van der Waals surface area contributed by atoms with Crippen molar-refractivity contribution >= 4 is 17.5 Å². The van der Waals surface area contributed by atoms with Crippen LogP contribution in [0.1, 0.15) is 11.6 Å². The molecule has 88 valence electrons. The first kappa shape index (κ1) is 12.9. The molecule has 0 aromatic heterocycles. The zero-order valence-electron chi connectivity index (χ0n) is 8.21. The maximum Gasteiger partial charge on any atom is 0.235 e. The van der Waals surface area contributed by atoms with Gasteiger partial charge in [0.1, 0.15) is 17.5 Å². The van der Waals surface area contributed by atoms with Crippen LogP contribution in [0.15, 0.2) is 18.2 Å². The normalized spacial score (nSPS) is 12.2. The zero-order valence-corrected chi connectivity index (χ0v) is 8.97. The molecule has 0 heterocycles. The number of nitrogens with one attached hydrogen (secondary N) is 1. The third-order valence-electron chi connectivity index (χ3n) is 1.93. The number of benzene rings is 1. The SMILES string of the molecule is O=C(CCl)N[C@@H](CO)c1cc(F)cc(F)c1. The molecule has 0 fully saturated rings. The predicted molar refractivity (Wildman–Crippen MR) is 55.0 cm³/mol. The summed E-state index contributed by atoms with van der Waals surface area (Å²) in [5, 5.41) is 11.3. The fourth-order valence-electron chi connectivity index (χ4n) is 1.24. The van der Waals surface area contributed by atoms with Gasteiger partial charge in [-0.2, -0.15) is 0 Å². The van der Waals surface area contributed by atoms with Crippen LogP contribution in [0.25, 0.3) is 0 Å². The lowest BCUT2D eigenvalue weighted by Crippen LogP contribution is -2.31. The number of amides is 1. The largest absolute Gasteiger partial charge is 0.394 e. The number of aliphatic hydroxyl groups excluding tert-OH is 1. The second-order valence-electron chi connectivity index (χ2n) is 3.14. The molecule has 0 aliphatic carbocycles. The van der Waals surface area contributed by atoms with Gasteiger partial charge in [-0.05, 0) is 17.7 Å². The standard InChI is InChI=1S/C10H10ClF2NO2/c11-4-10(16)14-9(5-15)6-1-7(12)3-8(13)2-6/h1-3,9,15H,4-5H2,(H,14,16)/t9-/m0/s1. The van der Waals surface area contributed by atoms with E-state index in [1.165, 1.54) is 0 Å². The fraction of sp³-hybridized carbons (Fsp3) is 0.300. The van der Waals surface area contributed by atoms with Crippen molar-refractivity contribution in [1.82, 2.24) is 5.32 Å². The quantitative estimate of drug-likeness (QED) is 0.792. The lowest BCUT2D eigenvalue weighted by Gasteiger charge is -2.16. The highest BCUT2D eigenvalue weighted by molar-refractivity contribution is 6.27. The van der Waals surface area contributed by atoms with Crippen molar-refractivity contribution < 1.29 is 18.7 Å². The van der Waals surface area contributed by atoms with Crippen LogP contribution in [0.4, 0.5) is 8.78 Å². The maximum absolute atomic E-state index is 12.9. The number of hydrogen-bond acceptors (Lipinski definition) is 2. The maximum atomic E-state index is 12.9. The van der Waals surface area contributed by atoms with Gasteiger partial charge in [0, 0.05) is 6.07 Å². The number of hydrogen-bond donors (Lipinski definition) is 2. The summed E-state index contributed by atoms with van der Waals surface area (Å²) in [6.07, 6.45) is 0. The van der Waals surface area contributed by atoms with Crippen LogP contribution >= 0.6 is 11.6 Å². The van der Waals surface area contributed by atoms with E-state index in [-0.39, 0.29) is 11.4 Å². The van der Waals surface area contributed by atoms with Crippen molar-refractivity contribution in [1.29, 1.82) is 0 Å². The zero-order chi connectivity index (χ0) is 12.1. The van der Waals surface area contributed by atoms with Gasteiger partial charge in [-0.1, -0.05) is 0 Å². The summed E-state index contributed by atoms with van der Waals surface area (Å²) >= 11 is 5.26. The molecule has 2 N–H and O–H groups in total. The molecular weight excluding hydrogens is 240 g/mol. The van der Waals surface area contributed by atoms with E-state index in [0.29, 0.717) is 6.07 Å². The molecule has 0 saturated carbocycles. The Morgan fingerprint density at radius 1 is 1.38 bits per heavy atom. The van der Waals surface area contributed by atoms with E-state index in [4.69, 9.17) is 16.7 Å². The number of aliphatic hydroxyl groups is 1. The van der Waals surface area contributed by atoms with E-state index in [1.54, 1.807) is 0 Å². The van der Waals surface area contributed by atoms with Crippen molar-refractivity contribution in [2.45, 2.75) is 6.04 Å². The Labute approximate surface area is 96.0 Å². The first-order chi connectivity index (χ1) is 7.56. The van der Waals surface area contributed by atoms with E-state index in [9.17, 15) is 13.6 Å². The fourth-order valence-corrected chi connectivity index (χ4v) is 1.32. The molecule has 1 atom stereocenters. The third-order valence-corrected chi connectivity index (χ3v) is 2.17. The highest BCUT2D eigenvalue weighted by Gasteiger charge is 2.14. The van der Waals surface area contributed by atoms with Crippen LogP contribution in [-0.2, 0) is 4.79 Å². The summed E-state index contributed by atoms with van der Waals surface area (Å²) in [6, 6.07) is 1.93. The monoisotopic (exact) mass is 249 g/mol. The highest BCUT2D eigenvalue weighted by Crippen LogP contribution is 2.16. The predicted octanol–water partition coefficient (Wildman–Crippen LogP) is 1.35. The average molecular weight is 250 g/mol. The molecule has 1 aromatic carbocycles. The van der Waals surface area contributed by atoms with E-state index in [2.05, 4.69) is 5.32 Å². The molecule has 6 heteroatoms. The Balaban J connectivity index is 2.90. The molecule has 1 amide bonds. The van der Waals surface area contributed by atoms with Crippen LogP contribution in [0, 0.1) is 11.6 Å².